The number of hydrogen-bond donors (Lipinski definition) is 0. The second kappa shape index (κ2) is 9.38. The Bertz CT molecular complexity index is 1130. The van der Waals surface area contributed by atoms with Crippen LogP contribution >= 0.6 is 0 Å². The molecule has 0 N–H and O–H groups in total. The third-order valence-electron chi connectivity index (χ3n) is 4.80. The number of ether oxygens (including phenoxy) is 1. The Labute approximate surface area is 180 Å². The molecule has 31 heavy (non-hydrogen) atoms. The highest BCUT2D eigenvalue weighted by Crippen LogP contribution is 2.20. The maximum Gasteiger partial charge on any atom is 0.259 e. The van der Waals surface area contributed by atoms with Crippen LogP contribution in [0.25, 0.3) is 11.8 Å². The van der Waals surface area contributed by atoms with Crippen molar-refractivity contribution in [1.29, 1.82) is 0 Å². The highest BCUT2D eigenvalue weighted by Gasteiger charge is 2.12. The molecule has 0 saturated carbocycles. The number of rotatable bonds is 7. The molecule has 0 fully saturated rings. The molecule has 0 aliphatic carbocycles. The van der Waals surface area contributed by atoms with Crippen LogP contribution in [0.15, 0.2) is 54.6 Å². The number of nitrogens with zero attached hydrogens (tertiary/aromatic N) is 3. The molecule has 0 unspecified atom stereocenters. The number of carbonyl (C=O) groups is 2. The molecule has 6 nitrogen and oxygen atoms in total. The Kier molecular flexibility index (Phi) is 6.65. The van der Waals surface area contributed by atoms with E-state index >= 15 is 0 Å². The molecular formula is C24H24FN3O3. The summed E-state index contributed by atoms with van der Waals surface area (Å²) < 4.78 is 20.4. The SMILES string of the molecule is Cc1nn(-c2ccc(F)cc2)c(C)c1C=CC(=O)c1cccc(OCC(=O)N(C)C)c1. The van der Waals surface area contributed by atoms with Crippen molar-refractivity contribution in [3.05, 3.63) is 82.9 Å². The molecule has 0 atom stereocenters. The van der Waals surface area contributed by atoms with Gasteiger partial charge in [0, 0.05) is 30.9 Å². The first kappa shape index (κ1) is 22.0. The smallest absolute Gasteiger partial charge is 0.259 e. The van der Waals surface area contributed by atoms with E-state index in [1.807, 2.05) is 13.8 Å². The molecule has 1 heterocycles. The van der Waals surface area contributed by atoms with E-state index in [0.29, 0.717) is 11.3 Å². The van der Waals surface area contributed by atoms with E-state index < -0.39 is 0 Å². The van der Waals surface area contributed by atoms with E-state index in [4.69, 9.17) is 4.74 Å². The second-order valence-electron chi connectivity index (χ2n) is 7.27. The summed E-state index contributed by atoms with van der Waals surface area (Å²) in [6, 6.07) is 12.8. The number of ketones is 1. The van der Waals surface area contributed by atoms with Gasteiger partial charge in [0.1, 0.15) is 11.6 Å². The highest BCUT2D eigenvalue weighted by atomic mass is 19.1. The van der Waals surface area contributed by atoms with Crippen LogP contribution < -0.4 is 4.74 Å². The maximum absolute atomic E-state index is 13.2. The first-order valence-corrected chi connectivity index (χ1v) is 9.74. The van der Waals surface area contributed by atoms with E-state index in [1.54, 1.807) is 61.3 Å². The number of likely N-dealkylation sites (N-methyl/N-ethyl adjacent to an activating group) is 1. The molecule has 0 aliphatic heterocycles. The molecule has 0 saturated heterocycles. The molecule has 7 heteroatoms. The van der Waals surface area contributed by atoms with Gasteiger partial charge >= 0.3 is 0 Å². The summed E-state index contributed by atoms with van der Waals surface area (Å²) in [5, 5.41) is 4.51. The molecule has 1 amide bonds. The van der Waals surface area contributed by atoms with Gasteiger partial charge in [0.15, 0.2) is 12.4 Å². The van der Waals surface area contributed by atoms with Gasteiger partial charge in [0.2, 0.25) is 0 Å². The molecule has 3 rings (SSSR count). The van der Waals surface area contributed by atoms with Crippen LogP contribution in [0, 0.1) is 19.7 Å². The van der Waals surface area contributed by atoms with Crippen LogP contribution in [-0.4, -0.2) is 47.1 Å². The number of carbonyl (C=O) groups excluding carboxylic acids is 2. The van der Waals surface area contributed by atoms with Gasteiger partial charge in [-0.15, -0.1) is 0 Å². The lowest BCUT2D eigenvalue weighted by atomic mass is 10.1. The summed E-state index contributed by atoms with van der Waals surface area (Å²) in [4.78, 5) is 25.8. The minimum absolute atomic E-state index is 0.0958. The van der Waals surface area contributed by atoms with Gasteiger partial charge in [-0.05, 0) is 62.4 Å². The van der Waals surface area contributed by atoms with Crippen LogP contribution in [0.4, 0.5) is 4.39 Å². The lowest BCUT2D eigenvalue weighted by Crippen LogP contribution is -2.27. The van der Waals surface area contributed by atoms with E-state index in [-0.39, 0.29) is 24.1 Å². The largest absolute Gasteiger partial charge is 0.484 e. The third kappa shape index (κ3) is 5.25. The molecule has 0 bridgehead atoms. The van der Waals surface area contributed by atoms with Gasteiger partial charge in [-0.1, -0.05) is 12.1 Å². The third-order valence-corrected chi connectivity index (χ3v) is 4.80. The number of aryl methyl sites for hydroxylation is 1. The van der Waals surface area contributed by atoms with Crippen molar-refractivity contribution in [2.75, 3.05) is 20.7 Å². The van der Waals surface area contributed by atoms with Crippen molar-refractivity contribution in [3.8, 4) is 11.4 Å². The van der Waals surface area contributed by atoms with E-state index in [0.717, 1.165) is 22.6 Å². The fourth-order valence-electron chi connectivity index (χ4n) is 3.00. The highest BCUT2D eigenvalue weighted by molar-refractivity contribution is 6.07. The summed E-state index contributed by atoms with van der Waals surface area (Å²) >= 11 is 0. The van der Waals surface area contributed by atoms with Crippen molar-refractivity contribution >= 4 is 17.8 Å². The Morgan fingerprint density at radius 3 is 2.52 bits per heavy atom. The van der Waals surface area contributed by atoms with Crippen LogP contribution in [0.1, 0.15) is 27.3 Å². The van der Waals surface area contributed by atoms with E-state index in [9.17, 15) is 14.0 Å². The molecule has 0 spiro atoms. The summed E-state index contributed by atoms with van der Waals surface area (Å²) in [5.41, 5.74) is 3.61. The van der Waals surface area contributed by atoms with Gasteiger partial charge < -0.3 is 9.64 Å². The monoisotopic (exact) mass is 421 g/mol. The standard InChI is InChI=1S/C24H24FN3O3/c1-16-22(17(2)28(26-16)20-10-8-19(25)9-11-20)12-13-23(29)18-6-5-7-21(14-18)31-15-24(30)27(3)4/h5-14H,15H2,1-4H3. The first-order chi connectivity index (χ1) is 14.8. The van der Waals surface area contributed by atoms with Gasteiger partial charge in [-0.25, -0.2) is 9.07 Å². The zero-order valence-electron chi connectivity index (χ0n) is 17.9. The van der Waals surface area contributed by atoms with Crippen LogP contribution in [0.5, 0.6) is 5.75 Å². The number of halogens is 1. The number of benzene rings is 2. The van der Waals surface area contributed by atoms with E-state index in [1.165, 1.54) is 23.1 Å². The van der Waals surface area contributed by atoms with Crippen molar-refractivity contribution in [3.63, 3.8) is 0 Å². The normalized spacial score (nSPS) is 11.0. The number of amides is 1. The minimum Gasteiger partial charge on any atom is -0.484 e. The summed E-state index contributed by atoms with van der Waals surface area (Å²) in [6.07, 6.45) is 3.21. The summed E-state index contributed by atoms with van der Waals surface area (Å²) in [6.45, 7) is 3.65. The molecular weight excluding hydrogens is 397 g/mol. The zero-order valence-corrected chi connectivity index (χ0v) is 17.9. The fourth-order valence-corrected chi connectivity index (χ4v) is 3.00. The maximum atomic E-state index is 13.2. The van der Waals surface area contributed by atoms with Crippen molar-refractivity contribution in [2.45, 2.75) is 13.8 Å². The molecule has 2 aromatic carbocycles. The molecule has 0 aliphatic rings. The predicted molar refractivity (Wildman–Crippen MR) is 117 cm³/mol. The summed E-state index contributed by atoms with van der Waals surface area (Å²) in [5.74, 6) is -0.224. The van der Waals surface area contributed by atoms with Crippen molar-refractivity contribution in [2.24, 2.45) is 0 Å². The lowest BCUT2D eigenvalue weighted by Gasteiger charge is -2.11. The van der Waals surface area contributed by atoms with Gasteiger partial charge in [0.25, 0.3) is 5.91 Å². The average Bonchev–Trinajstić information content (AvgIpc) is 3.04. The quantitative estimate of drug-likeness (QED) is 0.427. The van der Waals surface area contributed by atoms with Gasteiger partial charge in [0.05, 0.1) is 11.4 Å². The van der Waals surface area contributed by atoms with Crippen molar-refractivity contribution < 1.29 is 18.7 Å². The second-order valence-corrected chi connectivity index (χ2v) is 7.27. The Hall–Kier alpha value is -3.74. The van der Waals surface area contributed by atoms with E-state index in [2.05, 4.69) is 5.10 Å². The Balaban J connectivity index is 1.76. The topological polar surface area (TPSA) is 64.4 Å². The molecule has 160 valence electrons. The number of allylic oxidation sites excluding steroid dienone is 1. The van der Waals surface area contributed by atoms with Crippen LogP contribution in [0.3, 0.4) is 0 Å². The summed E-state index contributed by atoms with van der Waals surface area (Å²) in [7, 11) is 3.30. The van der Waals surface area contributed by atoms with Gasteiger partial charge in [-0.2, -0.15) is 5.10 Å². The zero-order chi connectivity index (χ0) is 22.5. The van der Waals surface area contributed by atoms with Crippen LogP contribution in [-0.2, 0) is 4.79 Å². The van der Waals surface area contributed by atoms with Crippen molar-refractivity contribution in [1.82, 2.24) is 14.7 Å². The molecule has 0 radical (unpaired) electrons. The number of hydrogen-bond acceptors (Lipinski definition) is 4. The Morgan fingerprint density at radius 1 is 1.13 bits per heavy atom. The molecule has 1 aromatic heterocycles. The molecule has 3 aromatic rings. The lowest BCUT2D eigenvalue weighted by molar-refractivity contribution is -0.130. The minimum atomic E-state index is -0.312. The Morgan fingerprint density at radius 2 is 1.84 bits per heavy atom. The predicted octanol–water partition coefficient (Wildman–Crippen LogP) is 3.99. The van der Waals surface area contributed by atoms with Crippen LogP contribution in [0.2, 0.25) is 0 Å². The van der Waals surface area contributed by atoms with Gasteiger partial charge in [-0.3, -0.25) is 9.59 Å². The number of aromatic nitrogens is 2. The average molecular weight is 421 g/mol. The first-order valence-electron chi connectivity index (χ1n) is 9.74. The fraction of sp³-hybridized carbons (Fsp3) is 0.208.